The molecule has 0 saturated carbocycles. The number of likely N-dealkylation sites (tertiary alicyclic amines) is 1. The van der Waals surface area contributed by atoms with Gasteiger partial charge in [0, 0.05) is 29.7 Å². The maximum Gasteiger partial charge on any atom is 0.255 e. The van der Waals surface area contributed by atoms with Gasteiger partial charge in [-0.15, -0.1) is 0 Å². The number of hydrogen-bond acceptors (Lipinski definition) is 6. The number of β-amino-alcohol motifs (C(OH)–C–C–N with tert-alkyl or cyclic N) is 1. The van der Waals surface area contributed by atoms with Crippen molar-refractivity contribution in [2.75, 3.05) is 19.6 Å². The number of benzene rings is 3. The number of aliphatic hydroxyl groups excluding tert-OH is 1. The average Bonchev–Trinajstić information content (AvgIpc) is 3.61. The van der Waals surface area contributed by atoms with Gasteiger partial charge in [0.05, 0.1) is 18.7 Å². The highest BCUT2D eigenvalue weighted by molar-refractivity contribution is 6.02. The van der Waals surface area contributed by atoms with Gasteiger partial charge in [-0.1, -0.05) is 69.3 Å². The smallest absolute Gasteiger partial charge is 0.255 e. The molecule has 3 N–H and O–H groups in total. The molecule has 6 rings (SSSR count). The molecule has 3 aliphatic rings. The van der Waals surface area contributed by atoms with Crippen LogP contribution in [0, 0.1) is 11.2 Å². The summed E-state index contributed by atoms with van der Waals surface area (Å²) in [6, 6.07) is 17.2. The van der Waals surface area contributed by atoms with Crippen molar-refractivity contribution in [1.29, 1.82) is 0 Å². The largest absolute Gasteiger partial charge is 0.490 e. The third-order valence-corrected chi connectivity index (χ3v) is 9.70. The van der Waals surface area contributed by atoms with E-state index in [0.717, 1.165) is 37.1 Å². The lowest BCUT2D eigenvalue weighted by Crippen LogP contribution is -2.58. The highest BCUT2D eigenvalue weighted by Gasteiger charge is 2.49. The van der Waals surface area contributed by atoms with E-state index in [2.05, 4.69) is 10.6 Å². The Bertz CT molecular complexity index is 1670. The molecule has 9 nitrogen and oxygen atoms in total. The van der Waals surface area contributed by atoms with Crippen LogP contribution < -0.4 is 15.4 Å². The molecule has 10 heteroatoms. The van der Waals surface area contributed by atoms with E-state index in [1.807, 2.05) is 63.2 Å². The second-order valence-electron chi connectivity index (χ2n) is 14.3. The molecule has 2 saturated heterocycles. The number of carbonyl (C=O) groups is 3. The van der Waals surface area contributed by atoms with Crippen molar-refractivity contribution in [3.63, 3.8) is 0 Å². The van der Waals surface area contributed by atoms with Crippen LogP contribution in [-0.4, -0.2) is 76.6 Å². The van der Waals surface area contributed by atoms with Gasteiger partial charge in [-0.05, 0) is 67.6 Å². The normalized spacial score (nSPS) is 21.2. The molecular formula is C38H45FN4O5. The lowest BCUT2D eigenvalue weighted by atomic mass is 9.84. The second-order valence-corrected chi connectivity index (χ2v) is 14.3. The topological polar surface area (TPSA) is 111 Å². The van der Waals surface area contributed by atoms with Gasteiger partial charge < -0.3 is 30.3 Å². The Kier molecular flexibility index (Phi) is 9.58. The Morgan fingerprint density at radius 3 is 2.44 bits per heavy atom. The molecule has 3 aliphatic heterocycles. The summed E-state index contributed by atoms with van der Waals surface area (Å²) in [6.07, 6.45) is 0.952. The molecule has 0 spiro atoms. The maximum absolute atomic E-state index is 15.1. The van der Waals surface area contributed by atoms with Gasteiger partial charge in [-0.3, -0.25) is 14.4 Å². The van der Waals surface area contributed by atoms with Crippen molar-refractivity contribution in [2.24, 2.45) is 5.41 Å². The van der Waals surface area contributed by atoms with Crippen molar-refractivity contribution in [1.82, 2.24) is 20.4 Å². The number of ether oxygens (including phenoxy) is 1. The zero-order chi connectivity index (χ0) is 34.2. The first-order valence-electron chi connectivity index (χ1n) is 16.9. The first-order chi connectivity index (χ1) is 22.9. The number of rotatable bonds is 8. The molecule has 4 atom stereocenters. The lowest BCUT2D eigenvalue weighted by molar-refractivity contribution is -0.145. The van der Waals surface area contributed by atoms with Crippen LogP contribution >= 0.6 is 0 Å². The van der Waals surface area contributed by atoms with Crippen LogP contribution in [0.25, 0.3) is 11.1 Å². The standard InChI is InChI=1S/C38H45FN4O5/c1-23(25-13-14-28(31(39)19-25)24-9-6-5-7-10-24)41-35(45)32-20-26(44)21-42(32)37(47)34(38(2,3)4)43-22-30-29(36(43)46)11-8-12-33(30)48-27-15-17-40-18-16-27/h5-14,19,23,26-27,32,34,40,44H,15-18,20-22H2,1-4H3,(H,41,45)/t23-,26+,32-,34+/m0/s1. The average molecular weight is 657 g/mol. The van der Waals surface area contributed by atoms with Crippen molar-refractivity contribution in [2.45, 2.75) is 83.8 Å². The van der Waals surface area contributed by atoms with Crippen LogP contribution in [-0.2, 0) is 16.1 Å². The predicted molar refractivity (Wildman–Crippen MR) is 181 cm³/mol. The van der Waals surface area contributed by atoms with Gasteiger partial charge in [0.1, 0.15) is 29.8 Å². The van der Waals surface area contributed by atoms with Crippen LogP contribution in [0.1, 0.15) is 74.5 Å². The number of carbonyl (C=O) groups excluding carboxylic acids is 3. The van der Waals surface area contributed by atoms with Crippen LogP contribution in [0.5, 0.6) is 5.75 Å². The molecule has 48 heavy (non-hydrogen) atoms. The summed E-state index contributed by atoms with van der Waals surface area (Å²) in [5, 5.41) is 17.0. The summed E-state index contributed by atoms with van der Waals surface area (Å²) >= 11 is 0. The number of fused-ring (bicyclic) bond motifs is 1. The van der Waals surface area contributed by atoms with E-state index in [1.165, 1.54) is 11.0 Å². The van der Waals surface area contributed by atoms with Gasteiger partial charge >= 0.3 is 0 Å². The van der Waals surface area contributed by atoms with Crippen molar-refractivity contribution in [3.05, 3.63) is 89.2 Å². The van der Waals surface area contributed by atoms with Gasteiger partial charge in [0.15, 0.2) is 0 Å². The number of aliphatic hydroxyl groups is 1. The number of halogens is 1. The van der Waals surface area contributed by atoms with E-state index >= 15 is 4.39 Å². The molecule has 0 radical (unpaired) electrons. The van der Waals surface area contributed by atoms with Crippen molar-refractivity contribution in [3.8, 4) is 16.9 Å². The van der Waals surface area contributed by atoms with E-state index in [4.69, 9.17) is 4.74 Å². The van der Waals surface area contributed by atoms with Crippen LogP contribution in [0.3, 0.4) is 0 Å². The summed E-state index contributed by atoms with van der Waals surface area (Å²) in [4.78, 5) is 45.1. The van der Waals surface area contributed by atoms with Gasteiger partial charge in [-0.2, -0.15) is 0 Å². The number of piperidine rings is 1. The minimum Gasteiger partial charge on any atom is -0.490 e. The number of hydrogen-bond donors (Lipinski definition) is 3. The van der Waals surface area contributed by atoms with E-state index in [9.17, 15) is 19.5 Å². The summed E-state index contributed by atoms with van der Waals surface area (Å²) in [7, 11) is 0. The minimum absolute atomic E-state index is 0.0304. The maximum atomic E-state index is 15.1. The predicted octanol–water partition coefficient (Wildman–Crippen LogP) is 4.83. The van der Waals surface area contributed by atoms with Gasteiger partial charge in [0.2, 0.25) is 11.8 Å². The Morgan fingerprint density at radius 1 is 1.02 bits per heavy atom. The Balaban J connectivity index is 1.19. The molecule has 3 amide bonds. The molecular weight excluding hydrogens is 611 g/mol. The SMILES string of the molecule is C[C@H](NC(=O)[C@@H]1C[C@@H](O)CN1C(=O)[C@@H](N1Cc2c(OC3CCNCC3)cccc2C1=O)C(C)(C)C)c1ccc(-c2ccccc2)c(F)c1. The molecule has 254 valence electrons. The molecule has 0 aliphatic carbocycles. The van der Waals surface area contributed by atoms with Crippen LogP contribution in [0.4, 0.5) is 4.39 Å². The second kappa shape index (κ2) is 13.7. The highest BCUT2D eigenvalue weighted by atomic mass is 19.1. The van der Waals surface area contributed by atoms with Crippen molar-refractivity contribution < 1.29 is 28.6 Å². The molecule has 0 unspecified atom stereocenters. The zero-order valence-electron chi connectivity index (χ0n) is 28.0. The first kappa shape index (κ1) is 33.6. The van der Waals surface area contributed by atoms with E-state index in [-0.39, 0.29) is 31.5 Å². The number of amides is 3. The number of nitrogens with one attached hydrogen (secondary N) is 2. The molecule has 0 bridgehead atoms. The summed E-state index contributed by atoms with van der Waals surface area (Å²) in [5.74, 6) is -0.842. The molecule has 2 fully saturated rings. The van der Waals surface area contributed by atoms with E-state index in [1.54, 1.807) is 30.0 Å². The highest BCUT2D eigenvalue weighted by Crippen LogP contribution is 2.38. The van der Waals surface area contributed by atoms with Crippen LogP contribution in [0.15, 0.2) is 66.7 Å². The summed E-state index contributed by atoms with van der Waals surface area (Å²) < 4.78 is 21.5. The molecule has 3 aromatic rings. The molecule has 3 aromatic carbocycles. The van der Waals surface area contributed by atoms with Crippen molar-refractivity contribution >= 4 is 17.7 Å². The molecule has 3 heterocycles. The summed E-state index contributed by atoms with van der Waals surface area (Å²) in [5.41, 5.74) is 2.38. The van der Waals surface area contributed by atoms with Gasteiger partial charge in [0.25, 0.3) is 5.91 Å². The fraction of sp³-hybridized carbons (Fsp3) is 0.447. The van der Waals surface area contributed by atoms with Crippen LogP contribution in [0.2, 0.25) is 0 Å². The van der Waals surface area contributed by atoms with E-state index in [0.29, 0.717) is 22.4 Å². The third kappa shape index (κ3) is 6.82. The zero-order valence-corrected chi connectivity index (χ0v) is 28.0. The Hall–Kier alpha value is -4.28. The van der Waals surface area contributed by atoms with Gasteiger partial charge in [-0.25, -0.2) is 4.39 Å². The third-order valence-electron chi connectivity index (χ3n) is 9.70. The fourth-order valence-electron chi connectivity index (χ4n) is 7.22. The summed E-state index contributed by atoms with van der Waals surface area (Å²) in [6.45, 7) is 9.37. The number of nitrogens with zero attached hydrogens (tertiary/aromatic N) is 2. The lowest BCUT2D eigenvalue weighted by Gasteiger charge is -2.40. The minimum atomic E-state index is -0.952. The Labute approximate surface area is 281 Å². The fourth-order valence-corrected chi connectivity index (χ4v) is 7.22. The quantitative estimate of drug-likeness (QED) is 0.321. The first-order valence-corrected chi connectivity index (χ1v) is 16.9. The van der Waals surface area contributed by atoms with E-state index < -0.39 is 47.3 Å². The Morgan fingerprint density at radius 2 is 1.75 bits per heavy atom. The molecule has 0 aromatic heterocycles. The monoisotopic (exact) mass is 656 g/mol.